The summed E-state index contributed by atoms with van der Waals surface area (Å²) in [6.07, 6.45) is 2.15. The molecule has 6 aromatic rings. The third-order valence-electron chi connectivity index (χ3n) is 5.29. The molecule has 0 N–H and O–H groups in total. The molecule has 2 aromatic carbocycles. The van der Waals surface area contributed by atoms with Crippen molar-refractivity contribution in [2.75, 3.05) is 0 Å². The summed E-state index contributed by atoms with van der Waals surface area (Å²) in [4.78, 5) is 0. The number of hydrogen-bond donors (Lipinski definition) is 0. The molecule has 0 radical (unpaired) electrons. The average molecular weight is 327 g/mol. The molecule has 2 nitrogen and oxygen atoms in total. The molecule has 6 rings (SSSR count). The highest BCUT2D eigenvalue weighted by molar-refractivity contribution is 7.27. The van der Waals surface area contributed by atoms with Crippen molar-refractivity contribution >= 4 is 59.0 Å². The van der Waals surface area contributed by atoms with Crippen molar-refractivity contribution < 1.29 is 4.57 Å². The molecule has 114 valence electrons. The number of benzene rings is 2. The molecule has 24 heavy (non-hydrogen) atoms. The first-order valence-corrected chi connectivity index (χ1v) is 9.02. The van der Waals surface area contributed by atoms with E-state index in [0.717, 1.165) is 0 Å². The van der Waals surface area contributed by atoms with E-state index in [9.17, 15) is 0 Å². The molecule has 0 saturated heterocycles. The largest absolute Gasteiger partial charge is 0.302 e. The van der Waals surface area contributed by atoms with Crippen molar-refractivity contribution in [1.82, 2.24) is 4.40 Å². The number of thiophene rings is 1. The van der Waals surface area contributed by atoms with Crippen LogP contribution in [0.2, 0.25) is 0 Å². The standard InChI is InChI=1S/C21H15N2S/c1-12-9-10-16-18-17(12)19-15(8-5-11-22(19)2)23-14-7-4-3-6-13(14)21(24-16)20(18)23/h3-11H,1-2H3/q+1. The van der Waals surface area contributed by atoms with Crippen LogP contribution in [0.4, 0.5) is 0 Å². The lowest BCUT2D eigenvalue weighted by Gasteiger charge is -2.09. The van der Waals surface area contributed by atoms with Crippen LogP contribution in [0.15, 0.2) is 54.7 Å². The minimum absolute atomic E-state index is 1.28. The summed E-state index contributed by atoms with van der Waals surface area (Å²) >= 11 is 1.92. The third kappa shape index (κ3) is 1.28. The Labute approximate surface area is 142 Å². The van der Waals surface area contributed by atoms with Gasteiger partial charge in [-0.25, -0.2) is 0 Å². The number of para-hydroxylation sites is 1. The van der Waals surface area contributed by atoms with Crippen LogP contribution < -0.4 is 4.57 Å². The Morgan fingerprint density at radius 3 is 2.67 bits per heavy atom. The Morgan fingerprint density at radius 1 is 0.917 bits per heavy atom. The molecule has 0 spiro atoms. The van der Waals surface area contributed by atoms with E-state index in [2.05, 4.69) is 77.7 Å². The first-order valence-electron chi connectivity index (χ1n) is 8.20. The molecule has 4 aromatic heterocycles. The van der Waals surface area contributed by atoms with Gasteiger partial charge in [-0.2, -0.15) is 4.57 Å². The highest BCUT2D eigenvalue weighted by Crippen LogP contribution is 2.46. The highest BCUT2D eigenvalue weighted by Gasteiger charge is 2.24. The maximum absolute atomic E-state index is 2.46. The molecule has 4 heterocycles. The molecule has 0 saturated carbocycles. The molecule has 0 amide bonds. The number of fused-ring (bicyclic) bond motifs is 6. The van der Waals surface area contributed by atoms with Crippen molar-refractivity contribution in [2.45, 2.75) is 6.92 Å². The zero-order valence-electron chi connectivity index (χ0n) is 13.5. The van der Waals surface area contributed by atoms with Crippen LogP contribution >= 0.6 is 11.3 Å². The van der Waals surface area contributed by atoms with Gasteiger partial charge in [0.25, 0.3) is 0 Å². The van der Waals surface area contributed by atoms with Crippen LogP contribution in [0.5, 0.6) is 0 Å². The van der Waals surface area contributed by atoms with E-state index in [0.29, 0.717) is 0 Å². The molecule has 0 aliphatic heterocycles. The zero-order chi connectivity index (χ0) is 16.0. The Hall–Kier alpha value is -2.65. The van der Waals surface area contributed by atoms with Gasteiger partial charge in [0.05, 0.1) is 21.1 Å². The molecule has 0 fully saturated rings. The molecule has 0 unspecified atom stereocenters. The van der Waals surface area contributed by atoms with Gasteiger partial charge in [-0.05, 0) is 30.7 Å². The molecule has 3 heteroatoms. The second-order valence-corrected chi connectivity index (χ2v) is 7.67. The predicted molar refractivity (Wildman–Crippen MR) is 102 cm³/mol. The number of aryl methyl sites for hydroxylation is 2. The summed E-state index contributed by atoms with van der Waals surface area (Å²) in [6, 6.07) is 17.7. The number of aromatic nitrogens is 2. The SMILES string of the molecule is Cc1ccc2sc3c4ccccc4n4c5ccc[n+](C)c5c1c2c34. The van der Waals surface area contributed by atoms with Gasteiger partial charge < -0.3 is 4.40 Å². The number of hydrogen-bond acceptors (Lipinski definition) is 1. The van der Waals surface area contributed by atoms with Crippen LogP contribution in [-0.2, 0) is 7.05 Å². The predicted octanol–water partition coefficient (Wildman–Crippen LogP) is 5.18. The van der Waals surface area contributed by atoms with E-state index in [-0.39, 0.29) is 0 Å². The van der Waals surface area contributed by atoms with Crippen molar-refractivity contribution in [3.8, 4) is 0 Å². The van der Waals surface area contributed by atoms with Crippen LogP contribution in [0.3, 0.4) is 0 Å². The number of pyridine rings is 2. The lowest BCUT2D eigenvalue weighted by atomic mass is 10.0. The van der Waals surface area contributed by atoms with Gasteiger partial charge >= 0.3 is 0 Å². The van der Waals surface area contributed by atoms with Gasteiger partial charge in [0.1, 0.15) is 12.6 Å². The van der Waals surface area contributed by atoms with Crippen LogP contribution in [0.25, 0.3) is 47.6 Å². The minimum Gasteiger partial charge on any atom is -0.302 e. The Morgan fingerprint density at radius 2 is 1.75 bits per heavy atom. The van der Waals surface area contributed by atoms with Crippen LogP contribution in [0.1, 0.15) is 5.56 Å². The monoisotopic (exact) mass is 327 g/mol. The Kier molecular flexibility index (Phi) is 2.15. The van der Waals surface area contributed by atoms with E-state index in [1.54, 1.807) is 0 Å². The molecular weight excluding hydrogens is 312 g/mol. The average Bonchev–Trinajstić information content (AvgIpc) is 3.12. The van der Waals surface area contributed by atoms with E-state index >= 15 is 0 Å². The molecule has 0 aliphatic rings. The van der Waals surface area contributed by atoms with Crippen molar-refractivity contribution in [1.29, 1.82) is 0 Å². The number of rotatable bonds is 0. The second-order valence-electron chi connectivity index (χ2n) is 6.62. The normalized spacial score (nSPS) is 12.6. The van der Waals surface area contributed by atoms with E-state index < -0.39 is 0 Å². The summed E-state index contributed by atoms with van der Waals surface area (Å²) < 4.78 is 7.52. The first kappa shape index (κ1) is 12.7. The lowest BCUT2D eigenvalue weighted by Crippen LogP contribution is -2.28. The van der Waals surface area contributed by atoms with Crippen molar-refractivity contribution in [2.24, 2.45) is 7.05 Å². The minimum atomic E-state index is 1.28. The smallest absolute Gasteiger partial charge is 0.237 e. The Balaban J connectivity index is 2.18. The zero-order valence-corrected chi connectivity index (χ0v) is 14.3. The molecular formula is C21H15N2S+. The van der Waals surface area contributed by atoms with Crippen LogP contribution in [0, 0.1) is 6.92 Å². The van der Waals surface area contributed by atoms with Gasteiger partial charge in [-0.15, -0.1) is 11.3 Å². The topological polar surface area (TPSA) is 8.29 Å². The quantitative estimate of drug-likeness (QED) is 0.268. The summed E-state index contributed by atoms with van der Waals surface area (Å²) in [6.45, 7) is 2.23. The van der Waals surface area contributed by atoms with Gasteiger partial charge in [0, 0.05) is 21.5 Å². The van der Waals surface area contributed by atoms with Crippen molar-refractivity contribution in [3.05, 3.63) is 60.3 Å². The van der Waals surface area contributed by atoms with Gasteiger partial charge in [-0.1, -0.05) is 24.3 Å². The van der Waals surface area contributed by atoms with Gasteiger partial charge in [0.15, 0.2) is 6.20 Å². The van der Waals surface area contributed by atoms with Gasteiger partial charge in [-0.3, -0.25) is 0 Å². The fourth-order valence-corrected chi connectivity index (χ4v) is 5.52. The highest BCUT2D eigenvalue weighted by atomic mass is 32.1. The maximum Gasteiger partial charge on any atom is 0.237 e. The fraction of sp³-hybridized carbons (Fsp3) is 0.0952. The number of nitrogens with zero attached hydrogens (tertiary/aromatic N) is 2. The summed E-state index contributed by atoms with van der Waals surface area (Å²) in [5, 5.41) is 4.17. The van der Waals surface area contributed by atoms with E-state index in [4.69, 9.17) is 0 Å². The molecule has 0 aliphatic carbocycles. The molecule has 0 atom stereocenters. The van der Waals surface area contributed by atoms with Crippen LogP contribution in [-0.4, -0.2) is 4.40 Å². The summed E-state index contributed by atoms with van der Waals surface area (Å²) in [5.41, 5.74) is 6.64. The lowest BCUT2D eigenvalue weighted by molar-refractivity contribution is -0.644. The van der Waals surface area contributed by atoms with Crippen molar-refractivity contribution in [3.63, 3.8) is 0 Å². The second kappa shape index (κ2) is 4.05. The third-order valence-corrected chi connectivity index (χ3v) is 6.47. The van der Waals surface area contributed by atoms with E-state index in [1.165, 1.54) is 53.2 Å². The maximum atomic E-state index is 2.46. The Bertz CT molecular complexity index is 1420. The van der Waals surface area contributed by atoms with E-state index in [1.807, 2.05) is 11.3 Å². The first-order chi connectivity index (χ1) is 11.8. The molecule has 0 bridgehead atoms. The van der Waals surface area contributed by atoms with Gasteiger partial charge in [0.2, 0.25) is 5.52 Å². The summed E-state index contributed by atoms with van der Waals surface area (Å²) in [5.74, 6) is 0. The summed E-state index contributed by atoms with van der Waals surface area (Å²) in [7, 11) is 2.15. The fourth-order valence-electron chi connectivity index (χ4n) is 4.29.